The Kier molecular flexibility index (Phi) is 3.72. The third-order valence-corrected chi connectivity index (χ3v) is 6.96. The predicted molar refractivity (Wildman–Crippen MR) is 98.3 cm³/mol. The molecule has 0 radical (unpaired) electrons. The lowest BCUT2D eigenvalue weighted by molar-refractivity contribution is -0.120. The van der Waals surface area contributed by atoms with Gasteiger partial charge >= 0.3 is 0 Å². The number of rotatable bonds is 2. The van der Waals surface area contributed by atoms with E-state index in [0.29, 0.717) is 11.7 Å². The van der Waals surface area contributed by atoms with Gasteiger partial charge in [0.2, 0.25) is 0 Å². The van der Waals surface area contributed by atoms with E-state index in [-0.39, 0.29) is 11.3 Å². The summed E-state index contributed by atoms with van der Waals surface area (Å²) < 4.78 is 0. The van der Waals surface area contributed by atoms with E-state index in [4.69, 9.17) is 0 Å². The molecular weight excluding hydrogens is 314 g/mol. The van der Waals surface area contributed by atoms with Crippen LogP contribution in [0.4, 0.5) is 0 Å². The van der Waals surface area contributed by atoms with Gasteiger partial charge in [-0.15, -0.1) is 11.3 Å². The average Bonchev–Trinajstić information content (AvgIpc) is 3.07. The summed E-state index contributed by atoms with van der Waals surface area (Å²) in [5, 5.41) is 0. The fraction of sp³-hybridized carbons (Fsp3) is 0.429. The monoisotopic (exact) mass is 337 g/mol. The molecule has 0 fully saturated rings. The maximum Gasteiger partial charge on any atom is 0.162 e. The maximum atomic E-state index is 13.3. The molecule has 0 unspecified atom stereocenters. The first-order valence-electron chi connectivity index (χ1n) is 8.85. The number of hydrogen-bond acceptors (Lipinski definition) is 3. The average molecular weight is 337 g/mol. The maximum absolute atomic E-state index is 13.3. The van der Waals surface area contributed by atoms with Crippen LogP contribution in [0.5, 0.6) is 0 Å². The van der Waals surface area contributed by atoms with Crippen molar-refractivity contribution in [3.8, 4) is 0 Å². The van der Waals surface area contributed by atoms with E-state index in [1.54, 1.807) is 11.3 Å². The van der Waals surface area contributed by atoms with Gasteiger partial charge in [-0.2, -0.15) is 0 Å². The second kappa shape index (κ2) is 5.66. The summed E-state index contributed by atoms with van der Waals surface area (Å²) in [6.07, 6.45) is 2.71. The van der Waals surface area contributed by atoms with Gasteiger partial charge in [-0.1, -0.05) is 56.7 Å². The molecule has 2 aliphatic carbocycles. The number of fused-ring (bicyclic) bond motifs is 1. The van der Waals surface area contributed by atoms with Crippen LogP contribution >= 0.6 is 11.3 Å². The van der Waals surface area contributed by atoms with Crippen molar-refractivity contribution in [2.75, 3.05) is 0 Å². The Labute approximate surface area is 147 Å². The number of carbonyl (C=O) groups is 1. The van der Waals surface area contributed by atoms with Crippen molar-refractivity contribution in [3.63, 3.8) is 0 Å². The number of nitrogens with zero attached hydrogens (tertiary/aromatic N) is 1. The van der Waals surface area contributed by atoms with Crippen LogP contribution < -0.4 is 0 Å². The molecule has 1 heterocycles. The Hall–Kier alpha value is -1.74. The first kappa shape index (κ1) is 15.8. The van der Waals surface area contributed by atoms with Crippen LogP contribution in [0, 0.1) is 11.8 Å². The van der Waals surface area contributed by atoms with Crippen LogP contribution in [0.3, 0.4) is 0 Å². The summed E-state index contributed by atoms with van der Waals surface area (Å²) in [6.45, 7) is 6.58. The van der Waals surface area contributed by atoms with Crippen molar-refractivity contribution in [1.29, 1.82) is 0 Å². The Balaban J connectivity index is 2.07. The Morgan fingerprint density at radius 1 is 1.21 bits per heavy atom. The molecular formula is C21H23NOS. The molecule has 0 amide bonds. The number of thiazole rings is 1. The fourth-order valence-electron chi connectivity index (χ4n) is 4.75. The van der Waals surface area contributed by atoms with Gasteiger partial charge in [0.05, 0.1) is 16.6 Å². The van der Waals surface area contributed by atoms with Crippen molar-refractivity contribution >= 4 is 17.1 Å². The predicted octanol–water partition coefficient (Wildman–Crippen LogP) is 4.94. The zero-order valence-electron chi connectivity index (χ0n) is 14.5. The molecule has 2 aliphatic rings. The van der Waals surface area contributed by atoms with Gasteiger partial charge < -0.3 is 0 Å². The third kappa shape index (κ3) is 2.00. The van der Waals surface area contributed by atoms with Crippen molar-refractivity contribution in [1.82, 2.24) is 4.98 Å². The van der Waals surface area contributed by atoms with Gasteiger partial charge in [0.1, 0.15) is 0 Å². The van der Waals surface area contributed by atoms with Gasteiger partial charge in [0.15, 0.2) is 5.78 Å². The molecule has 4 rings (SSSR count). The van der Waals surface area contributed by atoms with Crippen LogP contribution in [0.2, 0.25) is 0 Å². The molecule has 24 heavy (non-hydrogen) atoms. The molecule has 0 bridgehead atoms. The molecule has 2 nitrogen and oxygen atoms in total. The lowest BCUT2D eigenvalue weighted by Gasteiger charge is -2.44. The van der Waals surface area contributed by atoms with Crippen LogP contribution in [-0.4, -0.2) is 10.8 Å². The quantitative estimate of drug-likeness (QED) is 0.777. The first-order valence-corrected chi connectivity index (χ1v) is 9.73. The van der Waals surface area contributed by atoms with Gasteiger partial charge in [-0.3, -0.25) is 4.79 Å². The Morgan fingerprint density at radius 2 is 1.96 bits per heavy atom. The minimum absolute atomic E-state index is 0.114. The van der Waals surface area contributed by atoms with E-state index in [1.165, 1.54) is 21.7 Å². The standard InChI is InChI=1S/C21H23NOS/c1-4-21(15-8-6-5-7-9-15)18-16(11-17-20(21)24-12-22-17)13(2)10-14(3)19(18)23/h5-9,12-14H,4,10-11H2,1-3H3/t13-,14-,21+/m0/s1. The van der Waals surface area contributed by atoms with E-state index in [0.717, 1.165) is 24.8 Å². The summed E-state index contributed by atoms with van der Waals surface area (Å²) in [6, 6.07) is 10.6. The molecule has 1 aromatic heterocycles. The molecule has 124 valence electrons. The van der Waals surface area contributed by atoms with Gasteiger partial charge in [-0.25, -0.2) is 4.98 Å². The first-order chi connectivity index (χ1) is 11.6. The largest absolute Gasteiger partial charge is 0.294 e. The molecule has 1 aromatic carbocycles. The van der Waals surface area contributed by atoms with Crippen LogP contribution in [0.1, 0.15) is 49.7 Å². The van der Waals surface area contributed by atoms with Crippen LogP contribution in [-0.2, 0) is 16.6 Å². The molecule has 0 spiro atoms. The number of hydrogen-bond donors (Lipinski definition) is 0. The van der Waals surface area contributed by atoms with E-state index in [9.17, 15) is 4.79 Å². The molecule has 3 heteroatoms. The Morgan fingerprint density at radius 3 is 2.67 bits per heavy atom. The number of benzene rings is 1. The molecule has 3 atom stereocenters. The topological polar surface area (TPSA) is 30.0 Å². The van der Waals surface area contributed by atoms with E-state index >= 15 is 0 Å². The normalized spacial score (nSPS) is 29.4. The van der Waals surface area contributed by atoms with Crippen molar-refractivity contribution < 1.29 is 4.79 Å². The highest BCUT2D eigenvalue weighted by Crippen LogP contribution is 2.54. The summed E-state index contributed by atoms with van der Waals surface area (Å²) in [5.41, 5.74) is 6.47. The van der Waals surface area contributed by atoms with E-state index in [1.807, 2.05) is 11.6 Å². The highest BCUT2D eigenvalue weighted by atomic mass is 32.1. The molecule has 2 aromatic rings. The minimum Gasteiger partial charge on any atom is -0.294 e. The van der Waals surface area contributed by atoms with Crippen molar-refractivity contribution in [3.05, 3.63) is 63.1 Å². The summed E-state index contributed by atoms with van der Waals surface area (Å²) in [7, 11) is 0. The zero-order valence-corrected chi connectivity index (χ0v) is 15.3. The van der Waals surface area contributed by atoms with Gasteiger partial charge in [0.25, 0.3) is 0 Å². The number of carbonyl (C=O) groups excluding carboxylic acids is 1. The summed E-state index contributed by atoms with van der Waals surface area (Å²) in [4.78, 5) is 19.3. The lowest BCUT2D eigenvalue weighted by Crippen LogP contribution is -2.42. The second-order valence-electron chi connectivity index (χ2n) is 7.23. The molecule has 0 saturated heterocycles. The molecule has 0 saturated carbocycles. The zero-order chi connectivity index (χ0) is 16.9. The smallest absolute Gasteiger partial charge is 0.162 e. The number of aromatic nitrogens is 1. The van der Waals surface area contributed by atoms with Gasteiger partial charge in [0, 0.05) is 22.8 Å². The van der Waals surface area contributed by atoms with E-state index < -0.39 is 0 Å². The lowest BCUT2D eigenvalue weighted by atomic mass is 9.59. The minimum atomic E-state index is -0.314. The van der Waals surface area contributed by atoms with Crippen molar-refractivity contribution in [2.45, 2.75) is 45.4 Å². The molecule has 0 N–H and O–H groups in total. The molecule has 0 aliphatic heterocycles. The number of ketones is 1. The second-order valence-corrected chi connectivity index (χ2v) is 8.09. The number of allylic oxidation sites excluding steroid dienone is 2. The fourth-order valence-corrected chi connectivity index (χ4v) is 5.87. The summed E-state index contributed by atoms with van der Waals surface area (Å²) >= 11 is 1.71. The third-order valence-electron chi connectivity index (χ3n) is 5.93. The van der Waals surface area contributed by atoms with Crippen LogP contribution in [0.25, 0.3) is 0 Å². The Bertz CT molecular complexity index is 819. The summed E-state index contributed by atoms with van der Waals surface area (Å²) in [5.74, 6) is 0.924. The highest BCUT2D eigenvalue weighted by Gasteiger charge is 2.50. The SMILES string of the molecule is CC[C@@]1(c2ccccc2)C2=C(Cc3ncsc31)[C@@H](C)C[C@H](C)C2=O. The van der Waals surface area contributed by atoms with Crippen molar-refractivity contribution in [2.24, 2.45) is 11.8 Å². The highest BCUT2D eigenvalue weighted by molar-refractivity contribution is 7.10. The number of Topliss-reactive ketones (excluding diaryl/α,β-unsaturated/α-hetero) is 1. The van der Waals surface area contributed by atoms with Crippen LogP contribution in [0.15, 0.2) is 47.0 Å². The van der Waals surface area contributed by atoms with E-state index in [2.05, 4.69) is 50.0 Å². The van der Waals surface area contributed by atoms with Gasteiger partial charge in [-0.05, 0) is 24.3 Å².